The summed E-state index contributed by atoms with van der Waals surface area (Å²) in [7, 11) is 1.30. The summed E-state index contributed by atoms with van der Waals surface area (Å²) in [5.74, 6) is -0.413. The van der Waals surface area contributed by atoms with E-state index in [1.54, 1.807) is 22.0 Å². The molecule has 0 radical (unpaired) electrons. The van der Waals surface area contributed by atoms with Gasteiger partial charge in [0.05, 0.1) is 13.2 Å². The number of hydrogen-bond acceptors (Lipinski definition) is 9. The Kier molecular flexibility index (Phi) is 7.72. The lowest BCUT2D eigenvalue weighted by Gasteiger charge is -2.37. The molecule has 1 atom stereocenters. The molecule has 0 saturated carbocycles. The van der Waals surface area contributed by atoms with Crippen LogP contribution in [0.15, 0.2) is 29.4 Å². The van der Waals surface area contributed by atoms with E-state index in [2.05, 4.69) is 4.74 Å². The van der Waals surface area contributed by atoms with Crippen molar-refractivity contribution in [1.29, 1.82) is 0 Å². The lowest BCUT2D eigenvalue weighted by atomic mass is 10.0. The zero-order valence-corrected chi connectivity index (χ0v) is 20.1. The largest absolute Gasteiger partial charge is 0.482 e. The van der Waals surface area contributed by atoms with E-state index in [4.69, 9.17) is 20.3 Å². The fourth-order valence-electron chi connectivity index (χ4n) is 3.46. The maximum atomic E-state index is 12.3. The Balaban J connectivity index is 1.65. The van der Waals surface area contributed by atoms with Crippen molar-refractivity contribution >= 4 is 34.8 Å². The molecule has 180 valence electrons. The lowest BCUT2D eigenvalue weighted by Crippen LogP contribution is -2.50. The molecular weight excluding hydrogens is 448 g/mol. The van der Waals surface area contributed by atoms with Crippen molar-refractivity contribution in [3.05, 3.63) is 29.8 Å². The Morgan fingerprint density at radius 1 is 1.15 bits per heavy atom. The number of hydrogen-bond donors (Lipinski definition) is 1. The van der Waals surface area contributed by atoms with Crippen LogP contribution in [0, 0.1) is 0 Å². The molecule has 33 heavy (non-hydrogen) atoms. The molecule has 0 spiro atoms. The van der Waals surface area contributed by atoms with E-state index in [1.807, 2.05) is 32.9 Å². The zero-order valence-electron chi connectivity index (χ0n) is 19.3. The standard InChI is InChI=1S/C22H30N4O6S/c1-22(2,3)32-21(29)25-11-9-15(10-12-25)26-20(18(23)28)33-19(24-26)14-5-7-16(8-6-14)31-13-17(27)30-4/h5-8,15,20H,9-13H2,1-4H3,(H2,23,28). The van der Waals surface area contributed by atoms with Gasteiger partial charge in [-0.1, -0.05) is 11.8 Å². The Bertz CT molecular complexity index is 906. The molecule has 2 aliphatic heterocycles. The van der Waals surface area contributed by atoms with Gasteiger partial charge in [0.15, 0.2) is 12.0 Å². The smallest absolute Gasteiger partial charge is 0.410 e. The number of primary amides is 1. The average Bonchev–Trinajstić information content (AvgIpc) is 3.22. The minimum Gasteiger partial charge on any atom is -0.482 e. The number of carbonyl (C=O) groups is 3. The molecule has 1 aromatic rings. The molecule has 2 amide bonds. The predicted molar refractivity (Wildman–Crippen MR) is 124 cm³/mol. The van der Waals surface area contributed by atoms with Crippen LogP contribution in [0.2, 0.25) is 0 Å². The van der Waals surface area contributed by atoms with Gasteiger partial charge < -0.3 is 24.8 Å². The molecule has 3 rings (SSSR count). The van der Waals surface area contributed by atoms with E-state index in [1.165, 1.54) is 18.9 Å². The molecule has 10 nitrogen and oxygen atoms in total. The van der Waals surface area contributed by atoms with Gasteiger partial charge in [-0.2, -0.15) is 5.10 Å². The van der Waals surface area contributed by atoms with Crippen LogP contribution in [0.1, 0.15) is 39.2 Å². The summed E-state index contributed by atoms with van der Waals surface area (Å²) in [5, 5.41) is 6.51. The number of likely N-dealkylation sites (tertiary alicyclic amines) is 1. The molecule has 1 fully saturated rings. The van der Waals surface area contributed by atoms with Crippen LogP contribution in [0.4, 0.5) is 4.79 Å². The van der Waals surface area contributed by atoms with Crippen LogP contribution in [0.3, 0.4) is 0 Å². The Hall–Kier alpha value is -2.95. The summed E-state index contributed by atoms with van der Waals surface area (Å²) >= 11 is 1.30. The van der Waals surface area contributed by atoms with Crippen molar-refractivity contribution in [2.45, 2.75) is 50.6 Å². The average molecular weight is 479 g/mol. The van der Waals surface area contributed by atoms with Crippen molar-refractivity contribution in [2.24, 2.45) is 10.8 Å². The van der Waals surface area contributed by atoms with Gasteiger partial charge in [-0.3, -0.25) is 9.80 Å². The summed E-state index contributed by atoms with van der Waals surface area (Å²) in [6, 6.07) is 7.05. The number of rotatable bonds is 6. The van der Waals surface area contributed by atoms with Gasteiger partial charge in [0.2, 0.25) is 0 Å². The van der Waals surface area contributed by atoms with Crippen LogP contribution < -0.4 is 10.5 Å². The van der Waals surface area contributed by atoms with Gasteiger partial charge in [-0.15, -0.1) is 0 Å². The molecule has 11 heteroatoms. The minimum absolute atomic E-state index is 0.0196. The molecule has 1 saturated heterocycles. The SMILES string of the molecule is COC(=O)COc1ccc(C2=NN(C3CCN(C(=O)OC(C)(C)C)CC3)C(C(N)=O)S2)cc1. The molecule has 0 bridgehead atoms. The number of ether oxygens (including phenoxy) is 3. The number of nitrogens with zero attached hydrogens (tertiary/aromatic N) is 3. The monoisotopic (exact) mass is 478 g/mol. The van der Waals surface area contributed by atoms with Gasteiger partial charge in [0.1, 0.15) is 16.4 Å². The Morgan fingerprint density at radius 3 is 2.33 bits per heavy atom. The minimum atomic E-state index is -0.617. The molecule has 2 heterocycles. The lowest BCUT2D eigenvalue weighted by molar-refractivity contribution is -0.142. The first-order valence-electron chi connectivity index (χ1n) is 10.7. The van der Waals surface area contributed by atoms with Gasteiger partial charge in [-0.05, 0) is 57.9 Å². The summed E-state index contributed by atoms with van der Waals surface area (Å²) < 4.78 is 15.4. The second-order valence-corrected chi connectivity index (χ2v) is 9.81. The van der Waals surface area contributed by atoms with Crippen LogP contribution in [0.25, 0.3) is 0 Å². The van der Waals surface area contributed by atoms with Crippen LogP contribution in [-0.2, 0) is 19.1 Å². The summed E-state index contributed by atoms with van der Waals surface area (Å²) in [5.41, 5.74) is 5.93. The number of nitrogens with two attached hydrogens (primary N) is 1. The number of amides is 2. The molecular formula is C22H30N4O6S. The predicted octanol–water partition coefficient (Wildman–Crippen LogP) is 2.16. The van der Waals surface area contributed by atoms with Crippen molar-refractivity contribution in [3.8, 4) is 5.75 Å². The Morgan fingerprint density at radius 2 is 1.79 bits per heavy atom. The number of esters is 1. The Labute approximate surface area is 197 Å². The first kappa shape index (κ1) is 24.7. The quantitative estimate of drug-likeness (QED) is 0.617. The third-order valence-corrected chi connectivity index (χ3v) is 6.30. The maximum absolute atomic E-state index is 12.3. The molecule has 2 aliphatic rings. The highest BCUT2D eigenvalue weighted by atomic mass is 32.2. The molecule has 0 aliphatic carbocycles. The topological polar surface area (TPSA) is 124 Å². The zero-order chi connectivity index (χ0) is 24.2. The molecule has 0 aromatic heterocycles. The number of hydrazone groups is 1. The first-order valence-corrected chi connectivity index (χ1v) is 11.6. The number of benzene rings is 1. The number of methoxy groups -OCH3 is 1. The van der Waals surface area contributed by atoms with Crippen molar-refractivity contribution in [3.63, 3.8) is 0 Å². The molecule has 2 N–H and O–H groups in total. The number of carbonyl (C=O) groups excluding carboxylic acids is 3. The van der Waals surface area contributed by atoms with Crippen LogP contribution in [-0.4, -0.2) is 76.7 Å². The summed E-state index contributed by atoms with van der Waals surface area (Å²) in [4.78, 5) is 37.4. The fourth-order valence-corrected chi connectivity index (χ4v) is 4.53. The van der Waals surface area contributed by atoms with Gasteiger partial charge in [0.25, 0.3) is 5.91 Å². The normalized spacial score (nSPS) is 19.2. The highest BCUT2D eigenvalue weighted by Gasteiger charge is 2.39. The first-order chi connectivity index (χ1) is 15.6. The second-order valence-electron chi connectivity index (χ2n) is 8.75. The van der Waals surface area contributed by atoms with E-state index >= 15 is 0 Å². The number of thioether (sulfide) groups is 1. The van der Waals surface area contributed by atoms with E-state index in [0.29, 0.717) is 36.7 Å². The van der Waals surface area contributed by atoms with Crippen molar-refractivity contribution < 1.29 is 28.6 Å². The van der Waals surface area contributed by atoms with E-state index in [-0.39, 0.29) is 18.7 Å². The van der Waals surface area contributed by atoms with Gasteiger partial charge in [0, 0.05) is 18.7 Å². The molecule has 1 aromatic carbocycles. The van der Waals surface area contributed by atoms with E-state index in [9.17, 15) is 14.4 Å². The van der Waals surface area contributed by atoms with Crippen molar-refractivity contribution in [1.82, 2.24) is 9.91 Å². The van der Waals surface area contributed by atoms with Crippen LogP contribution in [0.5, 0.6) is 5.75 Å². The second kappa shape index (κ2) is 10.3. The maximum Gasteiger partial charge on any atom is 0.410 e. The number of piperidine rings is 1. The highest BCUT2D eigenvalue weighted by molar-refractivity contribution is 8.15. The van der Waals surface area contributed by atoms with Crippen LogP contribution >= 0.6 is 11.8 Å². The third kappa shape index (κ3) is 6.53. The summed E-state index contributed by atoms with van der Waals surface area (Å²) in [6.07, 6.45) is 0.975. The van der Waals surface area contributed by atoms with Gasteiger partial charge >= 0.3 is 12.1 Å². The summed E-state index contributed by atoms with van der Waals surface area (Å²) in [6.45, 7) is 6.37. The highest BCUT2D eigenvalue weighted by Crippen LogP contribution is 2.34. The van der Waals surface area contributed by atoms with E-state index < -0.39 is 22.9 Å². The van der Waals surface area contributed by atoms with Gasteiger partial charge in [-0.25, -0.2) is 9.59 Å². The third-order valence-electron chi connectivity index (χ3n) is 5.09. The molecule has 1 unspecified atom stereocenters. The van der Waals surface area contributed by atoms with Crippen molar-refractivity contribution in [2.75, 3.05) is 26.8 Å². The van der Waals surface area contributed by atoms with E-state index in [0.717, 1.165) is 5.56 Å². The fraction of sp³-hybridized carbons (Fsp3) is 0.545.